The van der Waals surface area contributed by atoms with Crippen molar-refractivity contribution in [3.63, 3.8) is 0 Å². The third-order valence-electron chi connectivity index (χ3n) is 6.13. The van der Waals surface area contributed by atoms with Gasteiger partial charge in [-0.1, -0.05) is 13.3 Å². The van der Waals surface area contributed by atoms with Gasteiger partial charge in [-0.15, -0.1) is 0 Å². The van der Waals surface area contributed by atoms with Crippen molar-refractivity contribution >= 4 is 18.5 Å². The molecular formula is C24H38NO6P. The van der Waals surface area contributed by atoms with Crippen LogP contribution in [0.25, 0.3) is 10.9 Å². The van der Waals surface area contributed by atoms with Crippen LogP contribution in [-0.4, -0.2) is 50.1 Å². The normalized spacial score (nSPS) is 21.8. The second-order valence-corrected chi connectivity index (χ2v) is 10.2. The van der Waals surface area contributed by atoms with E-state index in [1.54, 1.807) is 21.0 Å². The molecule has 1 heterocycles. The van der Waals surface area contributed by atoms with Gasteiger partial charge in [0.05, 0.1) is 25.9 Å². The molecule has 0 bridgehead atoms. The molecule has 1 unspecified atom stereocenters. The van der Waals surface area contributed by atoms with Gasteiger partial charge in [0.2, 0.25) is 0 Å². The van der Waals surface area contributed by atoms with E-state index in [-0.39, 0.29) is 18.6 Å². The molecule has 0 saturated heterocycles. The maximum Gasteiger partial charge on any atom is 0.356 e. The molecule has 3 rings (SSSR count). The van der Waals surface area contributed by atoms with Crippen LogP contribution in [0.15, 0.2) is 30.5 Å². The average molecular weight is 468 g/mol. The van der Waals surface area contributed by atoms with E-state index in [4.69, 9.17) is 23.3 Å². The number of methoxy groups -OCH3 is 1. The third-order valence-corrected chi connectivity index (χ3v) is 7.93. The van der Waals surface area contributed by atoms with Gasteiger partial charge in [-0.3, -0.25) is 4.57 Å². The van der Waals surface area contributed by atoms with E-state index in [1.165, 1.54) is 12.8 Å². The summed E-state index contributed by atoms with van der Waals surface area (Å²) in [6, 6.07) is 8.27. The molecule has 3 atom stereocenters. The molecule has 0 amide bonds. The summed E-state index contributed by atoms with van der Waals surface area (Å²) < 4.78 is 42.8. The van der Waals surface area contributed by atoms with Crippen LogP contribution < -0.4 is 4.74 Å². The fraction of sp³-hybridized carbons (Fsp3) is 0.667. The summed E-state index contributed by atoms with van der Waals surface area (Å²) in [5.41, 5.74) is 1.11. The Morgan fingerprint density at radius 3 is 2.53 bits per heavy atom. The van der Waals surface area contributed by atoms with Crippen LogP contribution in [0.5, 0.6) is 5.75 Å². The summed E-state index contributed by atoms with van der Waals surface area (Å²) in [7, 11) is -1.39. The van der Waals surface area contributed by atoms with Crippen molar-refractivity contribution in [3.05, 3.63) is 30.5 Å². The van der Waals surface area contributed by atoms with E-state index >= 15 is 0 Å². The number of ether oxygens (including phenoxy) is 3. The van der Waals surface area contributed by atoms with Crippen LogP contribution in [0, 0.1) is 5.92 Å². The molecule has 8 heteroatoms. The zero-order valence-corrected chi connectivity index (χ0v) is 20.7. The lowest BCUT2D eigenvalue weighted by atomic mass is 9.83. The van der Waals surface area contributed by atoms with Gasteiger partial charge in [0, 0.05) is 30.8 Å². The number of benzene rings is 1. The SMILES string of the molecule is CCOP(=O)(COCCn1ccc2cc(O[C@@H]3CCC(CC)C[C@H]3OC)ccc21)OCC. The molecule has 1 saturated carbocycles. The van der Waals surface area contributed by atoms with Crippen molar-refractivity contribution in [1.29, 1.82) is 0 Å². The molecule has 0 N–H and O–H groups in total. The van der Waals surface area contributed by atoms with Crippen LogP contribution in [0.4, 0.5) is 0 Å². The first-order valence-corrected chi connectivity index (χ1v) is 13.5. The van der Waals surface area contributed by atoms with Crippen molar-refractivity contribution in [2.24, 2.45) is 5.92 Å². The van der Waals surface area contributed by atoms with Crippen molar-refractivity contribution in [3.8, 4) is 5.75 Å². The molecule has 1 aliphatic rings. The van der Waals surface area contributed by atoms with Gasteiger partial charge >= 0.3 is 7.60 Å². The predicted octanol–water partition coefficient (Wildman–Crippen LogP) is 5.85. The van der Waals surface area contributed by atoms with Gasteiger partial charge < -0.3 is 27.8 Å². The van der Waals surface area contributed by atoms with Crippen molar-refractivity contribution in [2.45, 2.75) is 65.2 Å². The zero-order chi connectivity index (χ0) is 23.0. The monoisotopic (exact) mass is 467 g/mol. The Morgan fingerprint density at radius 2 is 1.84 bits per heavy atom. The molecule has 7 nitrogen and oxygen atoms in total. The fourth-order valence-electron chi connectivity index (χ4n) is 4.40. The standard InChI is InChI=1S/C24H38NO6P/c1-5-19-8-11-23(24(16-19)27-4)31-21-9-10-22-20(17-21)12-13-25(22)14-15-28-18-32(26,29-6-2)30-7-3/h9-10,12-13,17,19,23-24H,5-8,11,14-16,18H2,1-4H3/t19?,23-,24-/m1/s1. The fourth-order valence-corrected chi connectivity index (χ4v) is 5.77. The number of nitrogens with zero attached hydrogens (tertiary/aromatic N) is 1. The largest absolute Gasteiger partial charge is 0.488 e. The minimum atomic E-state index is -3.17. The third kappa shape index (κ3) is 6.58. The van der Waals surface area contributed by atoms with Gasteiger partial charge in [-0.05, 0) is 63.3 Å². The highest BCUT2D eigenvalue weighted by Gasteiger charge is 2.31. The summed E-state index contributed by atoms with van der Waals surface area (Å²) in [4.78, 5) is 0. The van der Waals surface area contributed by atoms with Gasteiger partial charge in [-0.2, -0.15) is 0 Å². The summed E-state index contributed by atoms with van der Waals surface area (Å²) in [5.74, 6) is 1.61. The molecule has 180 valence electrons. The second-order valence-electron chi connectivity index (χ2n) is 8.23. The average Bonchev–Trinajstić information content (AvgIpc) is 3.19. The van der Waals surface area contributed by atoms with Gasteiger partial charge in [0.1, 0.15) is 18.2 Å². The Hall–Kier alpha value is -1.37. The van der Waals surface area contributed by atoms with Gasteiger partial charge in [-0.25, -0.2) is 0 Å². The van der Waals surface area contributed by atoms with Crippen LogP contribution in [0.2, 0.25) is 0 Å². The van der Waals surface area contributed by atoms with Crippen LogP contribution in [0.1, 0.15) is 46.5 Å². The molecule has 0 spiro atoms. The Bertz CT molecular complexity index is 874. The molecule has 1 fully saturated rings. The van der Waals surface area contributed by atoms with Crippen molar-refractivity contribution in [2.75, 3.05) is 33.3 Å². The lowest BCUT2D eigenvalue weighted by molar-refractivity contribution is -0.0384. The molecule has 1 aliphatic carbocycles. The molecule has 32 heavy (non-hydrogen) atoms. The molecule has 1 aromatic heterocycles. The van der Waals surface area contributed by atoms with E-state index in [0.29, 0.717) is 26.4 Å². The first-order valence-electron chi connectivity index (χ1n) is 11.8. The van der Waals surface area contributed by atoms with E-state index in [1.807, 2.05) is 12.3 Å². The van der Waals surface area contributed by atoms with E-state index in [2.05, 4.69) is 29.7 Å². The number of hydrogen-bond donors (Lipinski definition) is 0. The lowest BCUT2D eigenvalue weighted by Crippen LogP contribution is -2.39. The van der Waals surface area contributed by atoms with E-state index in [9.17, 15) is 4.57 Å². The predicted molar refractivity (Wildman–Crippen MR) is 126 cm³/mol. The molecule has 0 aliphatic heterocycles. The highest BCUT2D eigenvalue weighted by atomic mass is 31.2. The summed E-state index contributed by atoms with van der Waals surface area (Å²) >= 11 is 0. The maximum absolute atomic E-state index is 12.5. The zero-order valence-electron chi connectivity index (χ0n) is 19.8. The van der Waals surface area contributed by atoms with Crippen LogP contribution >= 0.6 is 7.60 Å². The molecule has 1 aromatic carbocycles. The number of fused-ring (bicyclic) bond motifs is 1. The quantitative estimate of drug-likeness (QED) is 0.272. The first kappa shape index (κ1) is 25.3. The van der Waals surface area contributed by atoms with Crippen LogP contribution in [-0.2, 0) is 29.6 Å². The lowest BCUT2D eigenvalue weighted by Gasteiger charge is -2.35. The van der Waals surface area contributed by atoms with Crippen LogP contribution in [0.3, 0.4) is 0 Å². The van der Waals surface area contributed by atoms with Crippen molar-refractivity contribution < 1.29 is 27.8 Å². The minimum Gasteiger partial charge on any atom is -0.488 e. The smallest absolute Gasteiger partial charge is 0.356 e. The van der Waals surface area contributed by atoms with Gasteiger partial charge in [0.25, 0.3) is 0 Å². The highest BCUT2D eigenvalue weighted by Crippen LogP contribution is 2.47. The Kier molecular flexibility index (Phi) is 9.62. The topological polar surface area (TPSA) is 68.2 Å². The molecular weight excluding hydrogens is 429 g/mol. The summed E-state index contributed by atoms with van der Waals surface area (Å²) in [5, 5.41) is 1.12. The Balaban J connectivity index is 1.56. The van der Waals surface area contributed by atoms with E-state index < -0.39 is 7.60 Å². The maximum atomic E-state index is 12.5. The van der Waals surface area contributed by atoms with Crippen molar-refractivity contribution in [1.82, 2.24) is 4.57 Å². The molecule has 0 radical (unpaired) electrons. The number of rotatable bonds is 13. The highest BCUT2D eigenvalue weighted by molar-refractivity contribution is 7.53. The second kappa shape index (κ2) is 12.2. The number of aromatic nitrogens is 1. The summed E-state index contributed by atoms with van der Waals surface area (Å²) in [6.45, 7) is 7.56. The van der Waals surface area contributed by atoms with E-state index in [0.717, 1.165) is 35.4 Å². The number of hydrogen-bond acceptors (Lipinski definition) is 6. The Labute approximate surface area is 191 Å². The summed E-state index contributed by atoms with van der Waals surface area (Å²) in [6.07, 6.45) is 6.73. The molecule has 2 aromatic rings. The Morgan fingerprint density at radius 1 is 1.06 bits per heavy atom. The van der Waals surface area contributed by atoms with Gasteiger partial charge in [0.15, 0.2) is 0 Å². The minimum absolute atomic E-state index is 0.0349. The first-order chi connectivity index (χ1) is 15.5.